The first-order valence-electron chi connectivity index (χ1n) is 8.18. The van der Waals surface area contributed by atoms with Gasteiger partial charge in [0.05, 0.1) is 12.6 Å². The first kappa shape index (κ1) is 18.9. The van der Waals surface area contributed by atoms with Crippen LogP contribution in [0.4, 0.5) is 13.2 Å². The van der Waals surface area contributed by atoms with Crippen LogP contribution in [-0.2, 0) is 6.61 Å². The molecule has 0 fully saturated rings. The van der Waals surface area contributed by atoms with Crippen LogP contribution >= 0.6 is 0 Å². The fourth-order valence-corrected chi connectivity index (χ4v) is 2.99. The largest absolute Gasteiger partial charge is 0.573 e. The monoisotopic (exact) mass is 382 g/mol. The minimum Gasteiger partial charge on any atom is -0.406 e. The van der Waals surface area contributed by atoms with Gasteiger partial charge in [0.2, 0.25) is 0 Å². The molecule has 3 aromatic rings. The zero-order valence-corrected chi connectivity index (χ0v) is 14.5. The van der Waals surface area contributed by atoms with Gasteiger partial charge in [-0.2, -0.15) is 5.10 Å². The van der Waals surface area contributed by atoms with E-state index < -0.39 is 18.5 Å². The van der Waals surface area contributed by atoms with Crippen molar-refractivity contribution >= 4 is 11.0 Å². The summed E-state index contributed by atoms with van der Waals surface area (Å²) in [5.74, 6) is 0.0646. The quantitative estimate of drug-likeness (QED) is 0.708. The van der Waals surface area contributed by atoms with E-state index in [1.54, 1.807) is 6.92 Å². The molecule has 144 valence electrons. The maximum atomic E-state index is 12.3. The molecule has 0 saturated heterocycles. The molecule has 0 aliphatic heterocycles. The van der Waals surface area contributed by atoms with Crippen molar-refractivity contribution in [3.05, 3.63) is 51.7 Å². The molecule has 0 radical (unpaired) electrons. The van der Waals surface area contributed by atoms with Crippen molar-refractivity contribution in [3.8, 4) is 5.75 Å². The zero-order chi connectivity index (χ0) is 19.8. The molecule has 2 aromatic heterocycles. The van der Waals surface area contributed by atoms with Gasteiger partial charge in [-0.05, 0) is 31.0 Å². The molecule has 27 heavy (non-hydrogen) atoms. The Morgan fingerprint density at radius 2 is 1.96 bits per heavy atom. The van der Waals surface area contributed by atoms with Crippen molar-refractivity contribution in [3.63, 3.8) is 0 Å². The first-order valence-corrected chi connectivity index (χ1v) is 8.18. The number of fused-ring (bicyclic) bond motifs is 1. The third-order valence-electron chi connectivity index (χ3n) is 4.08. The number of hydrogen-bond acceptors (Lipinski definition) is 5. The minimum absolute atomic E-state index is 0.189. The second kappa shape index (κ2) is 7.03. The normalized spacial score (nSPS) is 13.1. The summed E-state index contributed by atoms with van der Waals surface area (Å²) in [6.45, 7) is 3.06. The molecule has 0 amide bonds. The molecule has 1 atom stereocenters. The van der Waals surface area contributed by atoms with Crippen molar-refractivity contribution in [2.24, 2.45) is 0 Å². The van der Waals surface area contributed by atoms with Crippen LogP contribution in [0.1, 0.15) is 36.5 Å². The highest BCUT2D eigenvalue weighted by Gasteiger charge is 2.31. The molecule has 10 heteroatoms. The van der Waals surface area contributed by atoms with E-state index in [9.17, 15) is 23.1 Å². The summed E-state index contributed by atoms with van der Waals surface area (Å²) in [4.78, 5) is 19.1. The number of halogens is 3. The summed E-state index contributed by atoms with van der Waals surface area (Å²) in [5.41, 5.74) is 0.759. The zero-order valence-electron chi connectivity index (χ0n) is 14.5. The summed E-state index contributed by atoms with van der Waals surface area (Å²) >= 11 is 0. The Kier molecular flexibility index (Phi) is 4.92. The lowest BCUT2D eigenvalue weighted by atomic mass is 10.0. The molecular weight excluding hydrogens is 365 g/mol. The number of aliphatic hydroxyl groups is 1. The molecule has 0 aliphatic carbocycles. The molecule has 0 bridgehead atoms. The Morgan fingerprint density at radius 3 is 2.52 bits per heavy atom. The number of nitrogens with zero attached hydrogens (tertiary/aromatic N) is 3. The fraction of sp³-hybridized carbons (Fsp3) is 0.353. The van der Waals surface area contributed by atoms with E-state index >= 15 is 0 Å². The summed E-state index contributed by atoms with van der Waals surface area (Å²) in [5, 5.41) is 14.0. The molecule has 1 aromatic carbocycles. The van der Waals surface area contributed by atoms with Gasteiger partial charge in [-0.15, -0.1) is 13.2 Å². The van der Waals surface area contributed by atoms with Gasteiger partial charge in [0.1, 0.15) is 22.7 Å². The Labute approximate surface area is 151 Å². The number of nitrogens with one attached hydrogen (secondary N) is 1. The third-order valence-corrected chi connectivity index (χ3v) is 4.08. The van der Waals surface area contributed by atoms with Gasteiger partial charge >= 0.3 is 6.36 Å². The Balaban J connectivity index is 2.07. The second-order valence-corrected chi connectivity index (χ2v) is 5.94. The van der Waals surface area contributed by atoms with Crippen LogP contribution in [0.25, 0.3) is 11.0 Å². The smallest absolute Gasteiger partial charge is 0.406 e. The van der Waals surface area contributed by atoms with Crippen LogP contribution in [0.2, 0.25) is 0 Å². The summed E-state index contributed by atoms with van der Waals surface area (Å²) in [7, 11) is 0. The first-order chi connectivity index (χ1) is 12.7. The number of alkyl halides is 3. The van der Waals surface area contributed by atoms with E-state index in [0.717, 1.165) is 0 Å². The number of benzene rings is 1. The van der Waals surface area contributed by atoms with Gasteiger partial charge in [0.25, 0.3) is 5.56 Å². The molecule has 0 unspecified atom stereocenters. The van der Waals surface area contributed by atoms with Crippen LogP contribution in [0.5, 0.6) is 5.75 Å². The Bertz CT molecular complexity index is 1010. The second-order valence-electron chi connectivity index (χ2n) is 5.94. The number of hydrogen-bond donors (Lipinski definition) is 2. The maximum Gasteiger partial charge on any atom is 0.573 e. The summed E-state index contributed by atoms with van der Waals surface area (Å²) < 4.78 is 42.4. The van der Waals surface area contributed by atoms with E-state index in [-0.39, 0.29) is 22.9 Å². The molecule has 2 heterocycles. The number of aryl methyl sites for hydroxylation is 1. The molecule has 2 N–H and O–H groups in total. The molecule has 0 spiro atoms. The number of rotatable bonds is 5. The van der Waals surface area contributed by atoms with Crippen molar-refractivity contribution in [1.29, 1.82) is 0 Å². The van der Waals surface area contributed by atoms with E-state index in [1.165, 1.54) is 28.9 Å². The topological polar surface area (TPSA) is 93.0 Å². The third kappa shape index (κ3) is 3.80. The summed E-state index contributed by atoms with van der Waals surface area (Å²) in [6, 6.07) is 5.05. The van der Waals surface area contributed by atoms with Crippen LogP contribution < -0.4 is 10.3 Å². The van der Waals surface area contributed by atoms with Crippen molar-refractivity contribution < 1.29 is 23.0 Å². The van der Waals surface area contributed by atoms with E-state index in [0.29, 0.717) is 23.5 Å². The number of aliphatic hydroxyl groups excluding tert-OH is 1. The van der Waals surface area contributed by atoms with Crippen LogP contribution in [0, 0.1) is 6.92 Å². The highest BCUT2D eigenvalue weighted by molar-refractivity contribution is 5.77. The molecule has 0 saturated carbocycles. The van der Waals surface area contributed by atoms with Crippen molar-refractivity contribution in [2.45, 2.75) is 39.3 Å². The van der Waals surface area contributed by atoms with E-state index in [1.807, 2.05) is 6.92 Å². The van der Waals surface area contributed by atoms with Gasteiger partial charge in [-0.1, -0.05) is 19.1 Å². The number of ether oxygens (including phenoxy) is 1. The fourth-order valence-electron chi connectivity index (χ4n) is 2.99. The average molecular weight is 382 g/mol. The molecule has 0 aliphatic rings. The molecular formula is C17H17F3N4O3. The number of aromatic amines is 1. The Hall–Kier alpha value is -2.88. The highest BCUT2D eigenvalue weighted by Crippen LogP contribution is 2.29. The predicted octanol–water partition coefficient (Wildman–Crippen LogP) is 2.82. The van der Waals surface area contributed by atoms with Crippen molar-refractivity contribution in [1.82, 2.24) is 19.7 Å². The van der Waals surface area contributed by atoms with Crippen molar-refractivity contribution in [2.75, 3.05) is 0 Å². The lowest BCUT2D eigenvalue weighted by molar-refractivity contribution is -0.274. The minimum atomic E-state index is -4.76. The van der Waals surface area contributed by atoms with Gasteiger partial charge in [-0.25, -0.2) is 9.67 Å². The van der Waals surface area contributed by atoms with Crippen LogP contribution in [0.3, 0.4) is 0 Å². The van der Waals surface area contributed by atoms with Gasteiger partial charge in [0, 0.05) is 0 Å². The maximum absolute atomic E-state index is 12.3. The SMILES string of the molecule is CC[C@@H](c1ccc(OC(F)(F)F)cc1)n1nc(CO)c2c(=O)[nH]c(C)nc21. The molecule has 3 rings (SSSR count). The standard InChI is InChI=1S/C17H17F3N4O3/c1-3-13(10-4-6-11(7-5-10)27-17(18,19)20)24-15-14(12(8-25)23-24)16(26)22-9(2)21-15/h4-7,13,25H,3,8H2,1-2H3,(H,21,22,26)/t13-/m0/s1. The number of H-pyrrole nitrogens is 1. The van der Waals surface area contributed by atoms with Crippen LogP contribution in [-0.4, -0.2) is 31.2 Å². The van der Waals surface area contributed by atoms with Gasteiger partial charge < -0.3 is 14.8 Å². The lowest BCUT2D eigenvalue weighted by Crippen LogP contribution is -2.17. The lowest BCUT2D eigenvalue weighted by Gasteiger charge is -2.17. The van der Waals surface area contributed by atoms with E-state index in [4.69, 9.17) is 0 Å². The average Bonchev–Trinajstić information content (AvgIpc) is 2.94. The van der Waals surface area contributed by atoms with Gasteiger partial charge in [0.15, 0.2) is 5.65 Å². The Morgan fingerprint density at radius 1 is 1.30 bits per heavy atom. The van der Waals surface area contributed by atoms with Crippen LogP contribution in [0.15, 0.2) is 29.1 Å². The number of aromatic nitrogens is 4. The predicted molar refractivity (Wildman–Crippen MR) is 90.4 cm³/mol. The highest BCUT2D eigenvalue weighted by atomic mass is 19.4. The molecule has 7 nitrogen and oxygen atoms in total. The summed E-state index contributed by atoms with van der Waals surface area (Å²) in [6.07, 6.45) is -4.23. The van der Waals surface area contributed by atoms with Gasteiger partial charge in [-0.3, -0.25) is 4.79 Å². The van der Waals surface area contributed by atoms with E-state index in [2.05, 4.69) is 19.8 Å².